The van der Waals surface area contributed by atoms with E-state index >= 15 is 0 Å². The van der Waals surface area contributed by atoms with Crippen LogP contribution in [-0.2, 0) is 16.2 Å². The zero-order valence-corrected chi connectivity index (χ0v) is 60.2. The van der Waals surface area contributed by atoms with Gasteiger partial charge in [-0.25, -0.2) is 0 Å². The van der Waals surface area contributed by atoms with Gasteiger partial charge in [0.25, 0.3) is 6.71 Å². The molecule has 0 fully saturated rings. The number of thiophene rings is 1. The van der Waals surface area contributed by atoms with Gasteiger partial charge >= 0.3 is 0 Å². The van der Waals surface area contributed by atoms with Crippen LogP contribution in [0.25, 0.3) is 120 Å². The molecular weight excluding hydrogens is 1250 g/mol. The van der Waals surface area contributed by atoms with Gasteiger partial charge in [0.1, 0.15) is 0 Å². The van der Waals surface area contributed by atoms with Gasteiger partial charge in [-0.3, -0.25) is 0 Å². The first-order valence-corrected chi connectivity index (χ1v) is 36.9. The molecule has 16 aromatic rings. The maximum atomic E-state index is 2.75. The number of rotatable bonds is 9. The summed E-state index contributed by atoms with van der Waals surface area (Å²) in [6, 6.07) is 120. The maximum Gasteiger partial charge on any atom is 0.252 e. The lowest BCUT2D eigenvalue weighted by Crippen LogP contribution is -2.61. The summed E-state index contributed by atoms with van der Waals surface area (Å²) in [4.78, 5) is 5.50. The molecule has 18 rings (SSSR count). The molecule has 15 aromatic carbocycles. The van der Waals surface area contributed by atoms with Gasteiger partial charge < -0.3 is 9.80 Å². The lowest BCUT2D eigenvalue weighted by atomic mass is 9.33. The van der Waals surface area contributed by atoms with Crippen molar-refractivity contribution < 1.29 is 0 Å². The van der Waals surface area contributed by atoms with Crippen molar-refractivity contribution in [3.63, 3.8) is 0 Å². The third-order valence-corrected chi connectivity index (χ3v) is 22.9. The lowest BCUT2D eigenvalue weighted by molar-refractivity contribution is 0.590. The Kier molecular flexibility index (Phi) is 14.9. The maximum absolute atomic E-state index is 2.75. The van der Waals surface area contributed by atoms with E-state index < -0.39 is 0 Å². The Hall–Kier alpha value is -11.3. The molecule has 0 N–H and O–H groups in total. The highest BCUT2D eigenvalue weighted by molar-refractivity contribution is 7.26. The molecule has 0 amide bonds. The van der Waals surface area contributed by atoms with Crippen LogP contribution in [-0.4, -0.2) is 6.71 Å². The van der Waals surface area contributed by atoms with E-state index in [1.54, 1.807) is 0 Å². The van der Waals surface area contributed by atoms with Crippen molar-refractivity contribution in [2.75, 3.05) is 9.80 Å². The number of fused-ring (bicyclic) bond motifs is 9. The summed E-state index contributed by atoms with van der Waals surface area (Å²) in [5, 5.41) is 7.49. The standard InChI is InChI=1S/C98H79BN2S/c1-96(2,3)69-56-79(62-32-15-10-16-33-62)93(80(57-69)63-34-17-11-18-35-63)100-85-54-67(72-47-31-48-78-73-42-29-30-49-89(73)102-95(72)78)50-52-83(85)99-84-53-51-68(91-76-45-27-25-43-74(76)90(66-40-23-14-24-41-66)75-44-26-28-46-77(75)91)55-86(84)101(88-61-71(98(7,8)9)60-87(100)92(88)99)94-81(64-36-19-12-20-37-64)58-70(97(4,5)6)59-82(94)65-38-21-13-22-39-65/h10-61H,1-9H3. The SMILES string of the molecule is CC(C)(C)c1cc(-c2ccccc2)c(N2c3cc(-c4c5ccccc5c(-c5ccccc5)c5ccccc45)ccc3B3c4ccc(-c5cccc6c5sc5ccccc56)cc4N(c4c(-c5ccccc5)cc(C(C)(C)C)cc4-c4ccccc4)c4cc(C(C)(C)C)cc2c43)c(-c2ccccc2)c1. The van der Waals surface area contributed by atoms with Gasteiger partial charge in [0.15, 0.2) is 0 Å². The molecule has 2 nitrogen and oxygen atoms in total. The van der Waals surface area contributed by atoms with Crippen LogP contribution in [0.15, 0.2) is 315 Å². The Bertz CT molecular complexity index is 5810. The van der Waals surface area contributed by atoms with Crippen molar-refractivity contribution in [1.29, 1.82) is 0 Å². The number of hydrogen-bond acceptors (Lipinski definition) is 3. The second kappa shape index (κ2) is 24.2. The van der Waals surface area contributed by atoms with E-state index in [9.17, 15) is 0 Å². The summed E-state index contributed by atoms with van der Waals surface area (Å²) in [6.07, 6.45) is 0. The Morgan fingerprint density at radius 3 is 1.00 bits per heavy atom. The summed E-state index contributed by atoms with van der Waals surface area (Å²) >= 11 is 1.90. The molecule has 1 aromatic heterocycles. The highest BCUT2D eigenvalue weighted by atomic mass is 32.1. The van der Waals surface area contributed by atoms with Gasteiger partial charge in [0.2, 0.25) is 0 Å². The van der Waals surface area contributed by atoms with Gasteiger partial charge in [-0.15, -0.1) is 11.3 Å². The highest BCUT2D eigenvalue weighted by Crippen LogP contribution is 2.57. The Labute approximate surface area is 604 Å². The number of nitrogens with zero attached hydrogens (tertiary/aromatic N) is 2. The molecule has 0 bridgehead atoms. The van der Waals surface area contributed by atoms with Crippen LogP contribution in [0.4, 0.5) is 34.1 Å². The van der Waals surface area contributed by atoms with Crippen molar-refractivity contribution in [3.05, 3.63) is 332 Å². The van der Waals surface area contributed by atoms with E-state index in [0.29, 0.717) is 0 Å². The quantitative estimate of drug-likeness (QED) is 0.105. The third-order valence-electron chi connectivity index (χ3n) is 21.7. The summed E-state index contributed by atoms with van der Waals surface area (Å²) in [7, 11) is 0. The fourth-order valence-electron chi connectivity index (χ4n) is 16.5. The number of benzene rings is 15. The van der Waals surface area contributed by atoms with Crippen molar-refractivity contribution in [1.82, 2.24) is 0 Å². The topological polar surface area (TPSA) is 6.48 Å². The minimum absolute atomic E-state index is 0.182. The Morgan fingerprint density at radius 1 is 0.255 bits per heavy atom. The van der Waals surface area contributed by atoms with E-state index in [4.69, 9.17) is 0 Å². The van der Waals surface area contributed by atoms with Crippen molar-refractivity contribution >= 4 is 110 Å². The third kappa shape index (κ3) is 10.4. The minimum Gasteiger partial charge on any atom is -0.310 e. The lowest BCUT2D eigenvalue weighted by Gasteiger charge is -2.47. The van der Waals surface area contributed by atoms with Crippen LogP contribution >= 0.6 is 11.3 Å². The smallest absolute Gasteiger partial charge is 0.252 e. The molecular formula is C98H79BN2S. The molecule has 490 valence electrons. The summed E-state index contributed by atoms with van der Waals surface area (Å²) in [5.41, 5.74) is 30.5. The molecule has 0 saturated carbocycles. The average Bonchev–Trinajstić information content (AvgIpc) is 0.725. The first-order chi connectivity index (χ1) is 49.5. The molecule has 3 heterocycles. The molecule has 2 aliphatic rings. The molecule has 0 unspecified atom stereocenters. The normalized spacial score (nSPS) is 12.9. The zero-order chi connectivity index (χ0) is 69.3. The fraction of sp³-hybridized carbons (Fsp3) is 0.122. The molecule has 0 spiro atoms. The van der Waals surface area contributed by atoms with Crippen LogP contribution in [0.5, 0.6) is 0 Å². The largest absolute Gasteiger partial charge is 0.310 e. The second-order valence-corrected chi connectivity index (χ2v) is 32.2. The van der Waals surface area contributed by atoms with E-state index in [0.717, 1.165) is 28.2 Å². The fourth-order valence-corrected chi connectivity index (χ4v) is 17.8. The van der Waals surface area contributed by atoms with Crippen LogP contribution < -0.4 is 26.2 Å². The van der Waals surface area contributed by atoms with Crippen LogP contribution in [0.1, 0.15) is 79.0 Å². The molecule has 2 aliphatic heterocycles. The van der Waals surface area contributed by atoms with E-state index in [1.807, 2.05) is 11.3 Å². The average molecular weight is 1330 g/mol. The van der Waals surface area contributed by atoms with Gasteiger partial charge in [0, 0.05) is 65.2 Å². The molecule has 0 saturated heterocycles. The van der Waals surface area contributed by atoms with Crippen LogP contribution in [0, 0.1) is 0 Å². The van der Waals surface area contributed by atoms with E-state index in [-0.39, 0.29) is 23.0 Å². The van der Waals surface area contributed by atoms with Crippen molar-refractivity contribution in [3.8, 4) is 77.9 Å². The number of anilines is 6. The van der Waals surface area contributed by atoms with Crippen LogP contribution in [0.3, 0.4) is 0 Å². The summed E-state index contributed by atoms with van der Waals surface area (Å²) in [5.74, 6) is 0. The second-order valence-electron chi connectivity index (χ2n) is 31.1. The molecule has 0 aliphatic carbocycles. The predicted molar refractivity (Wildman–Crippen MR) is 443 cm³/mol. The minimum atomic E-state index is -0.320. The van der Waals surface area contributed by atoms with E-state index in [2.05, 4.69) is 388 Å². The van der Waals surface area contributed by atoms with Gasteiger partial charge in [-0.05, 0) is 181 Å². The van der Waals surface area contributed by atoms with Crippen molar-refractivity contribution in [2.24, 2.45) is 0 Å². The predicted octanol–water partition coefficient (Wildman–Crippen LogP) is 26.0. The highest BCUT2D eigenvalue weighted by Gasteiger charge is 2.47. The monoisotopic (exact) mass is 1330 g/mol. The molecule has 4 heteroatoms. The summed E-state index contributed by atoms with van der Waals surface area (Å²) in [6.45, 7) is 21.2. The molecule has 0 atom stereocenters. The molecule has 102 heavy (non-hydrogen) atoms. The summed E-state index contributed by atoms with van der Waals surface area (Å²) < 4.78 is 2.59. The zero-order valence-electron chi connectivity index (χ0n) is 59.4. The molecule has 0 radical (unpaired) electrons. The Morgan fingerprint density at radius 2 is 0.588 bits per heavy atom. The Balaban J connectivity index is 1.03. The van der Waals surface area contributed by atoms with Gasteiger partial charge in [0.05, 0.1) is 11.4 Å². The van der Waals surface area contributed by atoms with Gasteiger partial charge in [-0.1, -0.05) is 323 Å². The van der Waals surface area contributed by atoms with Crippen molar-refractivity contribution in [2.45, 2.75) is 78.6 Å². The first-order valence-electron chi connectivity index (χ1n) is 36.1. The first kappa shape index (κ1) is 62.9. The van der Waals surface area contributed by atoms with Gasteiger partial charge in [-0.2, -0.15) is 0 Å². The number of hydrogen-bond donors (Lipinski definition) is 0. The van der Waals surface area contributed by atoms with Crippen LogP contribution in [0.2, 0.25) is 0 Å². The van der Waals surface area contributed by atoms with E-state index in [1.165, 1.54) is 159 Å².